The van der Waals surface area contributed by atoms with Crippen molar-refractivity contribution in [3.05, 3.63) is 0 Å². The van der Waals surface area contributed by atoms with Crippen LogP contribution < -0.4 is 5.32 Å². The number of nitrogens with zero attached hydrogens (tertiary/aromatic N) is 1. The van der Waals surface area contributed by atoms with Gasteiger partial charge < -0.3 is 15.3 Å². The second-order valence-electron chi connectivity index (χ2n) is 6.14. The lowest BCUT2D eigenvalue weighted by Gasteiger charge is -2.31. The van der Waals surface area contributed by atoms with Crippen LogP contribution in [0, 0.1) is 5.41 Å². The molecule has 0 aromatic heterocycles. The zero-order valence-electron chi connectivity index (χ0n) is 11.7. The summed E-state index contributed by atoms with van der Waals surface area (Å²) in [5.41, 5.74) is -0.502. The second kappa shape index (κ2) is 5.59. The van der Waals surface area contributed by atoms with Crippen LogP contribution in [0.25, 0.3) is 0 Å². The zero-order valence-corrected chi connectivity index (χ0v) is 11.7. The molecule has 0 spiro atoms. The zero-order chi connectivity index (χ0) is 13.9. The summed E-state index contributed by atoms with van der Waals surface area (Å²) in [7, 11) is 1.74. The number of amides is 2. The molecule has 0 aliphatic heterocycles. The van der Waals surface area contributed by atoms with Gasteiger partial charge in [0, 0.05) is 13.1 Å². The van der Waals surface area contributed by atoms with Crippen molar-refractivity contribution in [1.29, 1.82) is 0 Å². The van der Waals surface area contributed by atoms with Gasteiger partial charge in [-0.3, -0.25) is 0 Å². The van der Waals surface area contributed by atoms with E-state index in [0.717, 1.165) is 25.7 Å². The Morgan fingerprint density at radius 1 is 1.28 bits per heavy atom. The lowest BCUT2D eigenvalue weighted by molar-refractivity contribution is -0.142. The predicted molar refractivity (Wildman–Crippen MR) is 69.4 cm³/mol. The Balaban J connectivity index is 2.63. The fraction of sp³-hybridized carbons (Fsp3) is 0.846. The van der Waals surface area contributed by atoms with Crippen LogP contribution in [0.3, 0.4) is 0 Å². The average Bonchev–Trinajstić information content (AvgIpc) is 2.75. The van der Waals surface area contributed by atoms with Crippen LogP contribution >= 0.6 is 0 Å². The number of nitrogens with one attached hydrogen (secondary N) is 1. The van der Waals surface area contributed by atoms with Crippen LogP contribution in [0.4, 0.5) is 4.79 Å². The van der Waals surface area contributed by atoms with E-state index >= 15 is 0 Å². The fourth-order valence-electron chi connectivity index (χ4n) is 2.33. The Labute approximate surface area is 109 Å². The molecule has 2 amide bonds. The lowest BCUT2D eigenvalue weighted by atomic mass is 9.87. The van der Waals surface area contributed by atoms with Crippen LogP contribution in [0.15, 0.2) is 0 Å². The van der Waals surface area contributed by atoms with Crippen molar-refractivity contribution in [3.8, 4) is 0 Å². The highest BCUT2D eigenvalue weighted by atomic mass is 16.4. The summed E-state index contributed by atoms with van der Waals surface area (Å²) in [5.74, 6) is -0.990. The van der Waals surface area contributed by atoms with E-state index in [-0.39, 0.29) is 12.1 Å². The highest BCUT2D eigenvalue weighted by Gasteiger charge is 2.34. The number of aliphatic carboxylic acids is 1. The van der Waals surface area contributed by atoms with Crippen molar-refractivity contribution in [3.63, 3.8) is 0 Å². The first-order chi connectivity index (χ1) is 8.23. The summed E-state index contributed by atoms with van der Waals surface area (Å²) in [6.07, 6.45) is 4.31. The Bertz CT molecular complexity index is 317. The largest absolute Gasteiger partial charge is 0.480 e. The predicted octanol–water partition coefficient (Wildman–Crippen LogP) is 2.07. The molecule has 1 fully saturated rings. The highest BCUT2D eigenvalue weighted by Crippen LogP contribution is 2.23. The molecule has 1 saturated carbocycles. The van der Waals surface area contributed by atoms with Crippen LogP contribution in [0.5, 0.6) is 0 Å². The molecular weight excluding hydrogens is 232 g/mol. The first-order valence-electron chi connectivity index (χ1n) is 6.49. The van der Waals surface area contributed by atoms with Gasteiger partial charge in [-0.2, -0.15) is 0 Å². The molecule has 1 aliphatic rings. The smallest absolute Gasteiger partial charge is 0.326 e. The van der Waals surface area contributed by atoms with E-state index in [4.69, 9.17) is 0 Å². The van der Waals surface area contributed by atoms with Crippen molar-refractivity contribution >= 4 is 12.0 Å². The number of carbonyl (C=O) groups excluding carboxylic acids is 1. The third kappa shape index (κ3) is 3.62. The number of carboxylic acid groups (broad SMARTS) is 1. The minimum Gasteiger partial charge on any atom is -0.480 e. The molecule has 18 heavy (non-hydrogen) atoms. The molecule has 0 heterocycles. The van der Waals surface area contributed by atoms with Crippen LogP contribution in [0.1, 0.15) is 46.5 Å². The van der Waals surface area contributed by atoms with Gasteiger partial charge in [-0.15, -0.1) is 0 Å². The standard InChI is InChI=1S/C13H24N2O3/c1-13(2,3)10(11(16)17)14-12(18)15(4)9-7-5-6-8-9/h9-10H,5-8H2,1-4H3,(H,14,18)(H,16,17)/t10-/m1/s1. The molecule has 0 unspecified atom stereocenters. The Kier molecular flexibility index (Phi) is 4.59. The van der Waals surface area contributed by atoms with E-state index < -0.39 is 17.4 Å². The van der Waals surface area contributed by atoms with Gasteiger partial charge in [0.2, 0.25) is 0 Å². The molecule has 1 aliphatic carbocycles. The van der Waals surface area contributed by atoms with Gasteiger partial charge in [0.15, 0.2) is 0 Å². The molecule has 0 aromatic rings. The van der Waals surface area contributed by atoms with Gasteiger partial charge in [-0.25, -0.2) is 9.59 Å². The van der Waals surface area contributed by atoms with Crippen molar-refractivity contribution in [2.75, 3.05) is 7.05 Å². The van der Waals surface area contributed by atoms with Gasteiger partial charge >= 0.3 is 12.0 Å². The topological polar surface area (TPSA) is 69.6 Å². The van der Waals surface area contributed by atoms with E-state index in [1.165, 1.54) is 0 Å². The quantitative estimate of drug-likeness (QED) is 0.812. The molecule has 5 nitrogen and oxygen atoms in total. The van der Waals surface area contributed by atoms with Crippen LogP contribution in [0.2, 0.25) is 0 Å². The van der Waals surface area contributed by atoms with Gasteiger partial charge in [0.25, 0.3) is 0 Å². The van der Waals surface area contributed by atoms with Gasteiger partial charge in [-0.1, -0.05) is 33.6 Å². The van der Waals surface area contributed by atoms with Crippen LogP contribution in [-0.2, 0) is 4.79 Å². The molecule has 5 heteroatoms. The number of hydrogen-bond acceptors (Lipinski definition) is 2. The Morgan fingerprint density at radius 2 is 1.78 bits per heavy atom. The number of carboxylic acids is 1. The summed E-state index contributed by atoms with van der Waals surface area (Å²) in [4.78, 5) is 24.9. The number of rotatable bonds is 3. The van der Waals surface area contributed by atoms with E-state index in [2.05, 4.69) is 5.32 Å². The molecule has 1 atom stereocenters. The minimum absolute atomic E-state index is 0.249. The molecule has 104 valence electrons. The monoisotopic (exact) mass is 256 g/mol. The van der Waals surface area contributed by atoms with Gasteiger partial charge in [-0.05, 0) is 18.3 Å². The minimum atomic E-state index is -0.990. The molecule has 1 rings (SSSR count). The third-order valence-corrected chi connectivity index (χ3v) is 3.57. The van der Waals surface area contributed by atoms with Crippen molar-refractivity contribution < 1.29 is 14.7 Å². The number of hydrogen-bond donors (Lipinski definition) is 2. The summed E-state index contributed by atoms with van der Waals surface area (Å²) >= 11 is 0. The third-order valence-electron chi connectivity index (χ3n) is 3.57. The number of carbonyl (C=O) groups is 2. The summed E-state index contributed by atoms with van der Waals surface area (Å²) in [6, 6.07) is -0.905. The van der Waals surface area contributed by atoms with E-state index in [9.17, 15) is 14.7 Å². The normalized spacial score (nSPS) is 18.4. The number of urea groups is 1. The first-order valence-corrected chi connectivity index (χ1v) is 6.49. The first kappa shape index (κ1) is 14.8. The molecule has 2 N–H and O–H groups in total. The highest BCUT2D eigenvalue weighted by molar-refractivity contribution is 5.83. The maximum Gasteiger partial charge on any atom is 0.326 e. The molecular formula is C13H24N2O3. The average molecular weight is 256 g/mol. The van der Waals surface area contributed by atoms with Crippen LogP contribution in [-0.4, -0.2) is 41.1 Å². The molecule has 0 saturated heterocycles. The Morgan fingerprint density at radius 3 is 2.17 bits per heavy atom. The maximum atomic E-state index is 12.0. The maximum absolute atomic E-state index is 12.0. The lowest BCUT2D eigenvalue weighted by Crippen LogP contribution is -2.54. The molecule has 0 radical (unpaired) electrons. The van der Waals surface area contributed by atoms with Crippen molar-refractivity contribution in [1.82, 2.24) is 10.2 Å². The SMILES string of the molecule is CN(C(=O)N[C@H](C(=O)O)C(C)(C)C)C1CCCC1. The summed E-state index contributed by atoms with van der Waals surface area (Å²) in [5, 5.41) is 11.8. The summed E-state index contributed by atoms with van der Waals surface area (Å²) in [6.45, 7) is 5.42. The molecule has 0 aromatic carbocycles. The van der Waals surface area contributed by atoms with E-state index in [1.54, 1.807) is 11.9 Å². The molecule has 0 bridgehead atoms. The van der Waals surface area contributed by atoms with E-state index in [0.29, 0.717) is 0 Å². The second-order valence-corrected chi connectivity index (χ2v) is 6.14. The van der Waals surface area contributed by atoms with Gasteiger partial charge in [0.1, 0.15) is 6.04 Å². The van der Waals surface area contributed by atoms with Gasteiger partial charge in [0.05, 0.1) is 0 Å². The van der Waals surface area contributed by atoms with E-state index in [1.807, 2.05) is 20.8 Å². The Hall–Kier alpha value is -1.26. The van der Waals surface area contributed by atoms with Crippen molar-refractivity contribution in [2.45, 2.75) is 58.5 Å². The van der Waals surface area contributed by atoms with Crippen molar-refractivity contribution in [2.24, 2.45) is 5.41 Å². The fourth-order valence-corrected chi connectivity index (χ4v) is 2.33. The summed E-state index contributed by atoms with van der Waals surface area (Å²) < 4.78 is 0.